The Labute approximate surface area is 144 Å². The van der Waals surface area contributed by atoms with Gasteiger partial charge in [-0.05, 0) is 38.6 Å². The lowest BCUT2D eigenvalue weighted by molar-refractivity contribution is 0.0730. The summed E-state index contributed by atoms with van der Waals surface area (Å²) >= 11 is 0. The molecule has 3 rings (SSSR count). The number of carbonyl (C=O) groups is 1. The predicted octanol–water partition coefficient (Wildman–Crippen LogP) is 0.497. The molecule has 0 aliphatic carbocycles. The highest BCUT2D eigenvalue weighted by Gasteiger charge is 2.32. The van der Waals surface area contributed by atoms with E-state index in [1.807, 2.05) is 32.4 Å². The average Bonchev–Trinajstić information content (AvgIpc) is 3.04. The molecule has 0 unspecified atom stereocenters. The maximum atomic E-state index is 12.7. The van der Waals surface area contributed by atoms with Crippen LogP contribution in [-0.4, -0.2) is 51.3 Å². The Morgan fingerprint density at radius 2 is 2.16 bits per heavy atom. The largest absolute Gasteiger partial charge is 0.330 e. The van der Waals surface area contributed by atoms with Crippen LogP contribution in [0.3, 0.4) is 0 Å². The molecule has 0 saturated carbocycles. The zero-order chi connectivity index (χ0) is 18.0. The van der Waals surface area contributed by atoms with Crippen molar-refractivity contribution in [1.82, 2.24) is 24.8 Å². The second kappa shape index (κ2) is 7.02. The molecule has 1 aliphatic rings. The minimum atomic E-state index is -0.673. The van der Waals surface area contributed by atoms with E-state index >= 15 is 0 Å². The molecule has 1 aliphatic heterocycles. The van der Waals surface area contributed by atoms with Gasteiger partial charge in [-0.15, -0.1) is 0 Å². The summed E-state index contributed by atoms with van der Waals surface area (Å²) in [6.45, 7) is 1.36. The van der Waals surface area contributed by atoms with Gasteiger partial charge in [0.2, 0.25) is 0 Å². The first-order valence-electron chi connectivity index (χ1n) is 8.18. The first-order valence-corrected chi connectivity index (χ1v) is 8.18. The summed E-state index contributed by atoms with van der Waals surface area (Å²) in [5.74, 6) is -0.390. The van der Waals surface area contributed by atoms with Gasteiger partial charge in [-0.3, -0.25) is 19.6 Å². The van der Waals surface area contributed by atoms with Crippen LogP contribution in [0.15, 0.2) is 34.1 Å². The van der Waals surface area contributed by atoms with Crippen LogP contribution in [0.1, 0.15) is 40.5 Å². The molecule has 0 radical (unpaired) electrons. The summed E-state index contributed by atoms with van der Waals surface area (Å²) < 4.78 is 0. The van der Waals surface area contributed by atoms with E-state index in [4.69, 9.17) is 0 Å². The predicted molar refractivity (Wildman–Crippen MR) is 92.3 cm³/mol. The van der Waals surface area contributed by atoms with Crippen LogP contribution < -0.4 is 11.2 Å². The maximum Gasteiger partial charge on any atom is 0.325 e. The number of rotatable bonds is 4. The second-order valence-corrected chi connectivity index (χ2v) is 6.47. The highest BCUT2D eigenvalue weighted by Crippen LogP contribution is 2.31. The smallest absolute Gasteiger partial charge is 0.325 e. The molecule has 0 bridgehead atoms. The van der Waals surface area contributed by atoms with Crippen molar-refractivity contribution >= 4 is 5.91 Å². The van der Waals surface area contributed by atoms with E-state index in [0.29, 0.717) is 6.54 Å². The van der Waals surface area contributed by atoms with Gasteiger partial charge in [0, 0.05) is 25.5 Å². The first-order chi connectivity index (χ1) is 12.0. The van der Waals surface area contributed by atoms with E-state index in [1.165, 1.54) is 6.20 Å². The van der Waals surface area contributed by atoms with Crippen molar-refractivity contribution in [3.63, 3.8) is 0 Å². The number of pyridine rings is 1. The lowest BCUT2D eigenvalue weighted by atomic mass is 10.1. The summed E-state index contributed by atoms with van der Waals surface area (Å²) in [6.07, 6.45) is 4.64. The molecule has 1 saturated heterocycles. The second-order valence-electron chi connectivity index (χ2n) is 6.47. The third-order valence-electron chi connectivity index (χ3n) is 4.25. The molecule has 2 aromatic rings. The van der Waals surface area contributed by atoms with Crippen LogP contribution in [0.2, 0.25) is 0 Å². The number of likely N-dealkylation sites (tertiary alicyclic amines) is 1. The van der Waals surface area contributed by atoms with Gasteiger partial charge >= 0.3 is 5.69 Å². The minimum Gasteiger partial charge on any atom is -0.330 e. The van der Waals surface area contributed by atoms with Crippen molar-refractivity contribution in [2.75, 3.05) is 20.6 Å². The van der Waals surface area contributed by atoms with Crippen LogP contribution in [0.25, 0.3) is 0 Å². The molecule has 3 heterocycles. The Hall–Kier alpha value is -2.74. The topological polar surface area (TPSA) is 102 Å². The van der Waals surface area contributed by atoms with Gasteiger partial charge in [-0.2, -0.15) is 0 Å². The standard InChI is InChI=1S/C17H21N5O3/c1-21(2)10-11-5-6-13(18-8-11)14-4-3-7-22(14)16(24)12-9-19-17(25)20-15(12)23/h5-6,8-9,14H,3-4,7,10H2,1-2H3,(H2,19,20,23,25)/t14-/m1/s1. The summed E-state index contributed by atoms with van der Waals surface area (Å²) in [5.41, 5.74) is 0.554. The Morgan fingerprint density at radius 3 is 2.80 bits per heavy atom. The molecule has 2 N–H and O–H groups in total. The maximum absolute atomic E-state index is 12.7. The Bertz CT molecular complexity index is 869. The number of carbonyl (C=O) groups excluding carboxylic acids is 1. The summed E-state index contributed by atoms with van der Waals surface area (Å²) in [6, 6.07) is 3.79. The van der Waals surface area contributed by atoms with Gasteiger partial charge in [-0.1, -0.05) is 6.07 Å². The average molecular weight is 343 g/mol. The van der Waals surface area contributed by atoms with E-state index in [9.17, 15) is 14.4 Å². The number of H-pyrrole nitrogens is 2. The van der Waals surface area contributed by atoms with Crippen molar-refractivity contribution in [2.45, 2.75) is 25.4 Å². The van der Waals surface area contributed by atoms with Crippen molar-refractivity contribution in [1.29, 1.82) is 0 Å². The number of hydrogen-bond donors (Lipinski definition) is 2. The number of aromatic amines is 2. The molecule has 132 valence electrons. The molecule has 25 heavy (non-hydrogen) atoms. The van der Waals surface area contributed by atoms with Gasteiger partial charge in [0.25, 0.3) is 11.5 Å². The van der Waals surface area contributed by atoms with Crippen LogP contribution >= 0.6 is 0 Å². The number of amides is 1. The Balaban J connectivity index is 1.83. The quantitative estimate of drug-likeness (QED) is 0.841. The molecule has 0 spiro atoms. The zero-order valence-electron chi connectivity index (χ0n) is 14.3. The fourth-order valence-electron chi connectivity index (χ4n) is 3.13. The summed E-state index contributed by atoms with van der Waals surface area (Å²) in [5, 5.41) is 0. The number of hydrogen-bond acceptors (Lipinski definition) is 5. The molecule has 2 aromatic heterocycles. The summed E-state index contributed by atoms with van der Waals surface area (Å²) in [4.78, 5) is 48.4. The zero-order valence-corrected chi connectivity index (χ0v) is 14.3. The normalized spacial score (nSPS) is 17.2. The van der Waals surface area contributed by atoms with Crippen LogP contribution in [0.4, 0.5) is 0 Å². The minimum absolute atomic E-state index is 0.0595. The van der Waals surface area contributed by atoms with Gasteiger partial charge in [0.15, 0.2) is 0 Å². The first kappa shape index (κ1) is 17.1. The van der Waals surface area contributed by atoms with Gasteiger partial charge in [0.05, 0.1) is 11.7 Å². The van der Waals surface area contributed by atoms with Gasteiger partial charge < -0.3 is 14.8 Å². The van der Waals surface area contributed by atoms with Crippen molar-refractivity contribution < 1.29 is 4.79 Å². The molecular formula is C17H21N5O3. The van der Waals surface area contributed by atoms with E-state index in [1.54, 1.807) is 4.90 Å². The third-order valence-corrected chi connectivity index (χ3v) is 4.25. The number of nitrogens with one attached hydrogen (secondary N) is 2. The van der Waals surface area contributed by atoms with Gasteiger partial charge in [-0.25, -0.2) is 4.79 Å². The van der Waals surface area contributed by atoms with E-state index in [2.05, 4.69) is 19.9 Å². The molecule has 1 fully saturated rings. The summed E-state index contributed by atoms with van der Waals surface area (Å²) in [7, 11) is 3.99. The molecule has 8 heteroatoms. The van der Waals surface area contributed by atoms with E-state index < -0.39 is 11.2 Å². The number of aromatic nitrogens is 3. The molecule has 1 amide bonds. The van der Waals surface area contributed by atoms with Crippen LogP contribution in [-0.2, 0) is 6.54 Å². The Kier molecular flexibility index (Phi) is 4.80. The highest BCUT2D eigenvalue weighted by molar-refractivity contribution is 5.94. The van der Waals surface area contributed by atoms with Gasteiger partial charge in [0.1, 0.15) is 5.56 Å². The molecule has 0 aromatic carbocycles. The lowest BCUT2D eigenvalue weighted by Gasteiger charge is -2.24. The fraction of sp³-hybridized carbons (Fsp3) is 0.412. The van der Waals surface area contributed by atoms with Crippen LogP contribution in [0, 0.1) is 0 Å². The molecular weight excluding hydrogens is 322 g/mol. The third kappa shape index (κ3) is 3.69. The van der Waals surface area contributed by atoms with Crippen LogP contribution in [0.5, 0.6) is 0 Å². The Morgan fingerprint density at radius 1 is 1.36 bits per heavy atom. The van der Waals surface area contributed by atoms with Crippen molar-refractivity contribution in [3.05, 3.63) is 62.2 Å². The van der Waals surface area contributed by atoms with E-state index in [0.717, 1.165) is 30.6 Å². The lowest BCUT2D eigenvalue weighted by Crippen LogP contribution is -2.36. The molecule has 8 nitrogen and oxygen atoms in total. The highest BCUT2D eigenvalue weighted by atomic mass is 16.2. The molecule has 1 atom stereocenters. The monoisotopic (exact) mass is 343 g/mol. The van der Waals surface area contributed by atoms with E-state index in [-0.39, 0.29) is 17.5 Å². The van der Waals surface area contributed by atoms with Crippen molar-refractivity contribution in [3.8, 4) is 0 Å². The fourth-order valence-corrected chi connectivity index (χ4v) is 3.13. The number of nitrogens with zero attached hydrogens (tertiary/aromatic N) is 3. The SMILES string of the molecule is CN(C)Cc1ccc([C@H]2CCCN2C(=O)c2c[nH]c(=O)[nH]c2=O)nc1. The van der Waals surface area contributed by atoms with Crippen molar-refractivity contribution in [2.24, 2.45) is 0 Å².